The van der Waals surface area contributed by atoms with Crippen LogP contribution in [0.5, 0.6) is 5.75 Å². The minimum Gasteiger partial charge on any atom is -0.429 e. The van der Waals surface area contributed by atoms with Crippen LogP contribution in [0.2, 0.25) is 0 Å². The van der Waals surface area contributed by atoms with Crippen molar-refractivity contribution in [2.45, 2.75) is 19.5 Å². The molecule has 2 aromatic rings. The zero-order valence-electron chi connectivity index (χ0n) is 11.3. The van der Waals surface area contributed by atoms with Crippen LogP contribution in [-0.2, 0) is 12.5 Å². The van der Waals surface area contributed by atoms with Gasteiger partial charge in [-0.2, -0.15) is 8.78 Å². The van der Waals surface area contributed by atoms with Gasteiger partial charge in [-0.05, 0) is 24.1 Å². The van der Waals surface area contributed by atoms with E-state index in [0.29, 0.717) is 12.0 Å². The van der Waals surface area contributed by atoms with Gasteiger partial charge in [0.1, 0.15) is 11.6 Å². The molecule has 0 aromatic heterocycles. The molecule has 0 aliphatic carbocycles. The Morgan fingerprint density at radius 2 is 1.50 bits per heavy atom. The number of benzene rings is 2. The predicted molar refractivity (Wildman–Crippen MR) is 66.6 cm³/mol. The zero-order valence-corrected chi connectivity index (χ0v) is 11.3. The first-order chi connectivity index (χ1) is 10.2. The predicted octanol–water partition coefficient (Wildman–Crippen LogP) is 4.93. The van der Waals surface area contributed by atoms with E-state index in [1.54, 1.807) is 6.92 Å². The second-order valence-electron chi connectivity index (χ2n) is 4.49. The summed E-state index contributed by atoms with van der Waals surface area (Å²) in [5.41, 5.74) is -0.592. The summed E-state index contributed by atoms with van der Waals surface area (Å²) in [6.45, 7) is 1.72. The van der Waals surface area contributed by atoms with Crippen LogP contribution in [0.25, 0.3) is 0 Å². The smallest absolute Gasteiger partial charge is 0.429 e. The van der Waals surface area contributed by atoms with E-state index < -0.39 is 40.7 Å². The summed E-state index contributed by atoms with van der Waals surface area (Å²) in [6, 6.07) is 3.53. The number of alkyl halides is 2. The third-order valence-corrected chi connectivity index (χ3v) is 2.96. The molecule has 0 amide bonds. The Bertz CT molecular complexity index is 675. The first kappa shape index (κ1) is 16.2. The summed E-state index contributed by atoms with van der Waals surface area (Å²) >= 11 is 0. The summed E-state index contributed by atoms with van der Waals surface area (Å²) in [7, 11) is 0. The Labute approximate surface area is 122 Å². The molecular formula is C15H10F6O. The van der Waals surface area contributed by atoms with Crippen molar-refractivity contribution < 1.29 is 31.1 Å². The van der Waals surface area contributed by atoms with E-state index in [9.17, 15) is 26.3 Å². The van der Waals surface area contributed by atoms with E-state index in [-0.39, 0.29) is 12.1 Å². The number of ether oxygens (including phenoxy) is 1. The molecule has 0 saturated heterocycles. The standard InChI is InChI=1S/C15H10F6O/c1-2-8-3-4-10(11(16)5-8)15(20,21)22-9-6-12(17)14(19)13(18)7-9/h3-7H,2H2,1H3. The highest BCUT2D eigenvalue weighted by atomic mass is 19.3. The van der Waals surface area contributed by atoms with Crippen molar-refractivity contribution in [3.05, 3.63) is 64.7 Å². The van der Waals surface area contributed by atoms with Gasteiger partial charge in [-0.15, -0.1) is 0 Å². The zero-order chi connectivity index (χ0) is 16.5. The average Bonchev–Trinajstić information content (AvgIpc) is 2.43. The van der Waals surface area contributed by atoms with E-state index in [4.69, 9.17) is 0 Å². The van der Waals surface area contributed by atoms with Gasteiger partial charge in [0, 0.05) is 12.1 Å². The van der Waals surface area contributed by atoms with Crippen LogP contribution in [0.3, 0.4) is 0 Å². The lowest BCUT2D eigenvalue weighted by molar-refractivity contribution is -0.187. The van der Waals surface area contributed by atoms with Gasteiger partial charge in [-0.25, -0.2) is 17.6 Å². The number of halogens is 6. The molecule has 0 aliphatic rings. The first-order valence-electron chi connectivity index (χ1n) is 6.25. The monoisotopic (exact) mass is 320 g/mol. The van der Waals surface area contributed by atoms with Gasteiger partial charge in [0.15, 0.2) is 17.5 Å². The molecule has 0 saturated carbocycles. The van der Waals surface area contributed by atoms with E-state index in [2.05, 4.69) is 4.74 Å². The van der Waals surface area contributed by atoms with Gasteiger partial charge in [-0.1, -0.05) is 13.0 Å². The van der Waals surface area contributed by atoms with Gasteiger partial charge < -0.3 is 4.74 Å². The molecule has 0 fully saturated rings. The molecule has 0 atom stereocenters. The Morgan fingerprint density at radius 1 is 0.909 bits per heavy atom. The molecule has 0 spiro atoms. The second kappa shape index (κ2) is 5.90. The van der Waals surface area contributed by atoms with E-state index in [1.807, 2.05) is 0 Å². The highest BCUT2D eigenvalue weighted by Gasteiger charge is 2.38. The third-order valence-electron chi connectivity index (χ3n) is 2.96. The number of aryl methyl sites for hydroxylation is 1. The lowest BCUT2D eigenvalue weighted by Crippen LogP contribution is -2.23. The summed E-state index contributed by atoms with van der Waals surface area (Å²) in [4.78, 5) is 0. The molecule has 0 N–H and O–H groups in total. The Balaban J connectivity index is 2.35. The van der Waals surface area contributed by atoms with Crippen LogP contribution in [0, 0.1) is 23.3 Å². The first-order valence-corrected chi connectivity index (χ1v) is 6.25. The summed E-state index contributed by atoms with van der Waals surface area (Å²) in [6.07, 6.45) is -3.73. The molecular weight excluding hydrogens is 310 g/mol. The van der Waals surface area contributed by atoms with Crippen molar-refractivity contribution in [3.8, 4) is 5.75 Å². The average molecular weight is 320 g/mol. The third kappa shape index (κ3) is 3.18. The molecule has 1 nitrogen and oxygen atoms in total. The number of hydrogen-bond acceptors (Lipinski definition) is 1. The van der Waals surface area contributed by atoms with Gasteiger partial charge in [0.05, 0.1) is 5.56 Å². The van der Waals surface area contributed by atoms with Crippen LogP contribution < -0.4 is 4.74 Å². The summed E-state index contributed by atoms with van der Waals surface area (Å²) in [5, 5.41) is 0. The molecule has 0 aliphatic heterocycles. The SMILES string of the molecule is CCc1ccc(C(F)(F)Oc2cc(F)c(F)c(F)c2)c(F)c1. The van der Waals surface area contributed by atoms with E-state index >= 15 is 0 Å². The van der Waals surface area contributed by atoms with Crippen molar-refractivity contribution >= 4 is 0 Å². The van der Waals surface area contributed by atoms with Gasteiger partial charge >= 0.3 is 6.11 Å². The Hall–Kier alpha value is -2.18. The normalized spacial score (nSPS) is 11.6. The molecule has 7 heteroatoms. The van der Waals surface area contributed by atoms with Gasteiger partial charge in [0.25, 0.3) is 0 Å². The van der Waals surface area contributed by atoms with Crippen molar-refractivity contribution in [2.24, 2.45) is 0 Å². The molecule has 118 valence electrons. The van der Waals surface area contributed by atoms with Crippen LogP contribution in [0.1, 0.15) is 18.1 Å². The fraction of sp³-hybridized carbons (Fsp3) is 0.200. The number of hydrogen-bond donors (Lipinski definition) is 0. The second-order valence-corrected chi connectivity index (χ2v) is 4.49. The molecule has 0 unspecified atom stereocenters. The van der Waals surface area contributed by atoms with Gasteiger partial charge in [-0.3, -0.25) is 0 Å². The maximum atomic E-state index is 13.9. The quantitative estimate of drug-likeness (QED) is 0.573. The van der Waals surface area contributed by atoms with Crippen LogP contribution >= 0.6 is 0 Å². The number of rotatable bonds is 4. The van der Waals surface area contributed by atoms with E-state index in [1.165, 1.54) is 6.07 Å². The Kier molecular flexibility index (Phi) is 4.35. The van der Waals surface area contributed by atoms with Crippen molar-refractivity contribution in [1.82, 2.24) is 0 Å². The minimum atomic E-state index is -4.17. The van der Waals surface area contributed by atoms with E-state index in [0.717, 1.165) is 12.1 Å². The summed E-state index contributed by atoms with van der Waals surface area (Å²) < 4.78 is 84.4. The maximum Gasteiger partial charge on any atom is 0.429 e. The lowest BCUT2D eigenvalue weighted by Gasteiger charge is -2.19. The minimum absolute atomic E-state index is 0.255. The highest BCUT2D eigenvalue weighted by molar-refractivity contribution is 5.30. The van der Waals surface area contributed by atoms with Crippen molar-refractivity contribution in [2.75, 3.05) is 0 Å². The topological polar surface area (TPSA) is 9.23 Å². The largest absolute Gasteiger partial charge is 0.429 e. The fourth-order valence-electron chi connectivity index (χ4n) is 1.81. The van der Waals surface area contributed by atoms with Crippen LogP contribution in [-0.4, -0.2) is 0 Å². The molecule has 0 radical (unpaired) electrons. The van der Waals surface area contributed by atoms with Crippen molar-refractivity contribution in [1.29, 1.82) is 0 Å². The molecule has 0 heterocycles. The molecule has 2 rings (SSSR count). The molecule has 0 bridgehead atoms. The Morgan fingerprint density at radius 3 is 2.00 bits per heavy atom. The lowest BCUT2D eigenvalue weighted by atomic mass is 10.1. The van der Waals surface area contributed by atoms with Gasteiger partial charge in [0.2, 0.25) is 0 Å². The molecule has 2 aromatic carbocycles. The van der Waals surface area contributed by atoms with Crippen LogP contribution in [0.4, 0.5) is 26.3 Å². The van der Waals surface area contributed by atoms with Crippen molar-refractivity contribution in [3.63, 3.8) is 0 Å². The maximum absolute atomic E-state index is 13.9. The fourth-order valence-corrected chi connectivity index (χ4v) is 1.81. The molecule has 22 heavy (non-hydrogen) atoms. The highest BCUT2D eigenvalue weighted by Crippen LogP contribution is 2.34. The summed E-state index contributed by atoms with van der Waals surface area (Å²) in [5.74, 6) is -7.36. The van der Waals surface area contributed by atoms with Crippen LogP contribution in [0.15, 0.2) is 30.3 Å².